The Balaban J connectivity index is 2.19. The molecule has 5 nitrogen and oxygen atoms in total. The van der Waals surface area contributed by atoms with Crippen molar-refractivity contribution in [3.63, 3.8) is 0 Å². The topological polar surface area (TPSA) is 87.7 Å². The highest BCUT2D eigenvalue weighted by Crippen LogP contribution is 2.44. The van der Waals surface area contributed by atoms with E-state index in [0.717, 1.165) is 29.0 Å². The van der Waals surface area contributed by atoms with Gasteiger partial charge in [0.1, 0.15) is 11.6 Å². The zero-order valence-corrected chi connectivity index (χ0v) is 11.8. The molecule has 102 valence electrons. The number of aromatic amines is 1. The molecule has 1 aliphatic rings. The van der Waals surface area contributed by atoms with Crippen LogP contribution in [0.5, 0.6) is 5.88 Å². The fraction of sp³-hybridized carbons (Fsp3) is 0.286. The minimum Gasteiger partial charge on any atom is -0.420 e. The molecule has 3 heterocycles. The van der Waals surface area contributed by atoms with Gasteiger partial charge in [0.15, 0.2) is 0 Å². The van der Waals surface area contributed by atoms with E-state index >= 15 is 0 Å². The largest absolute Gasteiger partial charge is 0.420 e. The number of thiophene rings is 1. The second-order valence-corrected chi connectivity index (χ2v) is 5.59. The third-order valence-corrected chi connectivity index (χ3v) is 4.28. The van der Waals surface area contributed by atoms with Crippen LogP contribution in [-0.2, 0) is 6.42 Å². The highest BCUT2D eigenvalue weighted by atomic mass is 32.1. The van der Waals surface area contributed by atoms with E-state index < -0.39 is 0 Å². The molecular formula is C14H14N4OS. The van der Waals surface area contributed by atoms with E-state index in [-0.39, 0.29) is 11.8 Å². The number of aryl methyl sites for hydroxylation is 1. The van der Waals surface area contributed by atoms with E-state index in [1.807, 2.05) is 17.5 Å². The Morgan fingerprint density at radius 1 is 1.60 bits per heavy atom. The number of nitrogens with zero attached hydrogens (tertiary/aromatic N) is 2. The summed E-state index contributed by atoms with van der Waals surface area (Å²) in [7, 11) is 0. The van der Waals surface area contributed by atoms with Gasteiger partial charge in [0.05, 0.1) is 11.5 Å². The van der Waals surface area contributed by atoms with E-state index in [2.05, 4.69) is 23.2 Å². The SMILES string of the molecule is CCCc1[nH]nc2c1C(c1cccs1)C(C#N)=C(N)O2. The fourth-order valence-corrected chi connectivity index (χ4v) is 3.33. The first-order valence-corrected chi connectivity index (χ1v) is 7.32. The Bertz CT molecular complexity index is 693. The normalized spacial score (nSPS) is 17.5. The van der Waals surface area contributed by atoms with E-state index in [1.165, 1.54) is 0 Å². The van der Waals surface area contributed by atoms with E-state index in [1.54, 1.807) is 11.3 Å². The maximum Gasteiger partial charge on any atom is 0.244 e. The van der Waals surface area contributed by atoms with Crippen LogP contribution in [0.2, 0.25) is 0 Å². The summed E-state index contributed by atoms with van der Waals surface area (Å²) in [5.74, 6) is 0.459. The smallest absolute Gasteiger partial charge is 0.244 e. The molecule has 1 aliphatic heterocycles. The van der Waals surface area contributed by atoms with Gasteiger partial charge in [-0.25, -0.2) is 0 Å². The predicted molar refractivity (Wildman–Crippen MR) is 76.2 cm³/mol. The molecule has 0 aliphatic carbocycles. The maximum absolute atomic E-state index is 9.42. The standard InChI is InChI=1S/C14H14N4OS/c1-2-4-9-12-11(10-5-3-6-20-10)8(7-15)13(16)19-14(12)18-17-9/h3,5-6,11H,2,4,16H2,1H3,(H,17,18). The van der Waals surface area contributed by atoms with E-state index in [4.69, 9.17) is 10.5 Å². The number of hydrogen-bond donors (Lipinski definition) is 2. The van der Waals surface area contributed by atoms with Crippen LogP contribution in [0.25, 0.3) is 0 Å². The van der Waals surface area contributed by atoms with Crippen LogP contribution < -0.4 is 10.5 Å². The Morgan fingerprint density at radius 2 is 2.45 bits per heavy atom. The second kappa shape index (κ2) is 5.02. The van der Waals surface area contributed by atoms with Crippen LogP contribution >= 0.6 is 11.3 Å². The molecule has 0 radical (unpaired) electrons. The summed E-state index contributed by atoms with van der Waals surface area (Å²) in [5, 5.41) is 18.6. The second-order valence-electron chi connectivity index (χ2n) is 4.61. The van der Waals surface area contributed by atoms with Crippen molar-refractivity contribution in [2.45, 2.75) is 25.7 Å². The number of nitrogens with one attached hydrogen (secondary N) is 1. The number of allylic oxidation sites excluding steroid dienone is 1. The molecule has 0 fully saturated rings. The molecule has 3 rings (SSSR count). The van der Waals surface area contributed by atoms with Gasteiger partial charge < -0.3 is 10.5 Å². The van der Waals surface area contributed by atoms with E-state index in [0.29, 0.717) is 11.5 Å². The van der Waals surface area contributed by atoms with Crippen LogP contribution in [0, 0.1) is 11.3 Å². The van der Waals surface area contributed by atoms with Gasteiger partial charge in [-0.1, -0.05) is 19.4 Å². The molecular weight excluding hydrogens is 272 g/mol. The summed E-state index contributed by atoms with van der Waals surface area (Å²) in [6.07, 6.45) is 1.86. The summed E-state index contributed by atoms with van der Waals surface area (Å²) < 4.78 is 5.49. The molecule has 6 heteroatoms. The molecule has 0 saturated heterocycles. The van der Waals surface area contributed by atoms with Crippen LogP contribution in [0.3, 0.4) is 0 Å². The lowest BCUT2D eigenvalue weighted by Gasteiger charge is -2.22. The number of ether oxygens (including phenoxy) is 1. The quantitative estimate of drug-likeness (QED) is 0.908. The Morgan fingerprint density at radius 3 is 3.10 bits per heavy atom. The minimum absolute atomic E-state index is 0.146. The van der Waals surface area contributed by atoms with Crippen molar-refractivity contribution in [1.29, 1.82) is 5.26 Å². The first kappa shape index (κ1) is 12.8. The Hall–Kier alpha value is -2.26. The van der Waals surface area contributed by atoms with Gasteiger partial charge >= 0.3 is 0 Å². The summed E-state index contributed by atoms with van der Waals surface area (Å²) >= 11 is 1.61. The molecule has 1 atom stereocenters. The average Bonchev–Trinajstić information content (AvgIpc) is 3.08. The van der Waals surface area contributed by atoms with Gasteiger partial charge in [0.2, 0.25) is 11.8 Å². The Labute approximate surface area is 120 Å². The highest BCUT2D eigenvalue weighted by molar-refractivity contribution is 7.10. The lowest BCUT2D eigenvalue weighted by Crippen LogP contribution is -2.20. The summed E-state index contributed by atoms with van der Waals surface area (Å²) in [6.45, 7) is 2.10. The van der Waals surface area contributed by atoms with Gasteiger partial charge in [0.25, 0.3) is 0 Å². The molecule has 0 bridgehead atoms. The fourth-order valence-electron chi connectivity index (χ4n) is 2.49. The molecule has 0 saturated carbocycles. The number of fused-ring (bicyclic) bond motifs is 1. The number of nitriles is 1. The average molecular weight is 286 g/mol. The molecule has 20 heavy (non-hydrogen) atoms. The molecule has 0 aromatic carbocycles. The van der Waals surface area contributed by atoms with Crippen molar-refractivity contribution in [3.05, 3.63) is 45.1 Å². The van der Waals surface area contributed by atoms with Crippen LogP contribution in [0.4, 0.5) is 0 Å². The highest BCUT2D eigenvalue weighted by Gasteiger charge is 2.35. The number of aromatic nitrogens is 2. The Kier molecular flexibility index (Phi) is 3.20. The summed E-state index contributed by atoms with van der Waals surface area (Å²) in [4.78, 5) is 1.08. The maximum atomic E-state index is 9.42. The molecule has 2 aromatic rings. The molecule has 2 aromatic heterocycles. The van der Waals surface area contributed by atoms with Crippen molar-refractivity contribution in [2.75, 3.05) is 0 Å². The number of rotatable bonds is 3. The number of H-pyrrole nitrogens is 1. The summed E-state index contributed by atoms with van der Waals surface area (Å²) in [6, 6.07) is 6.17. The van der Waals surface area contributed by atoms with Gasteiger partial charge in [-0.15, -0.1) is 16.4 Å². The lowest BCUT2D eigenvalue weighted by atomic mass is 9.88. The van der Waals surface area contributed by atoms with E-state index in [9.17, 15) is 5.26 Å². The first-order chi connectivity index (χ1) is 9.76. The molecule has 0 spiro atoms. The van der Waals surface area contributed by atoms with Crippen LogP contribution in [0.1, 0.15) is 35.4 Å². The molecule has 1 unspecified atom stereocenters. The number of hydrogen-bond acceptors (Lipinski definition) is 5. The zero-order valence-electron chi connectivity index (χ0n) is 11.0. The van der Waals surface area contributed by atoms with Gasteiger partial charge in [-0.3, -0.25) is 5.10 Å². The van der Waals surface area contributed by atoms with Crippen LogP contribution in [-0.4, -0.2) is 10.2 Å². The number of nitrogens with two attached hydrogens (primary N) is 1. The third-order valence-electron chi connectivity index (χ3n) is 3.35. The molecule has 3 N–H and O–H groups in total. The predicted octanol–water partition coefficient (Wildman–Crippen LogP) is 2.64. The van der Waals surface area contributed by atoms with Crippen molar-refractivity contribution in [2.24, 2.45) is 5.73 Å². The zero-order chi connectivity index (χ0) is 14.1. The lowest BCUT2D eigenvalue weighted by molar-refractivity contribution is 0.379. The third kappa shape index (κ3) is 1.87. The van der Waals surface area contributed by atoms with Crippen molar-refractivity contribution in [1.82, 2.24) is 10.2 Å². The van der Waals surface area contributed by atoms with Crippen LogP contribution in [0.15, 0.2) is 29.0 Å². The first-order valence-electron chi connectivity index (χ1n) is 6.44. The monoisotopic (exact) mass is 286 g/mol. The summed E-state index contributed by atoms with van der Waals surface area (Å²) in [5.41, 5.74) is 8.29. The molecule has 0 amide bonds. The van der Waals surface area contributed by atoms with Crippen molar-refractivity contribution >= 4 is 11.3 Å². The van der Waals surface area contributed by atoms with Crippen molar-refractivity contribution < 1.29 is 4.74 Å². The van der Waals surface area contributed by atoms with Gasteiger partial charge in [-0.05, 0) is 17.9 Å². The van der Waals surface area contributed by atoms with Gasteiger partial charge in [0, 0.05) is 10.6 Å². The van der Waals surface area contributed by atoms with Crippen molar-refractivity contribution in [3.8, 4) is 11.9 Å². The minimum atomic E-state index is -0.177. The van der Waals surface area contributed by atoms with Gasteiger partial charge in [-0.2, -0.15) is 5.26 Å².